The summed E-state index contributed by atoms with van der Waals surface area (Å²) in [7, 11) is -2.65. The third-order valence-corrected chi connectivity index (χ3v) is 10.7. The van der Waals surface area contributed by atoms with Crippen molar-refractivity contribution in [3.05, 3.63) is 35.9 Å². The molecule has 5 heteroatoms. The van der Waals surface area contributed by atoms with Gasteiger partial charge in [-0.15, -0.1) is 0 Å². The molecule has 28 heavy (non-hydrogen) atoms. The van der Waals surface area contributed by atoms with E-state index in [2.05, 4.69) is 65.8 Å². The summed E-state index contributed by atoms with van der Waals surface area (Å²) in [5.41, 5.74) is 1.32. The Morgan fingerprint density at radius 3 is 2.14 bits per heavy atom. The van der Waals surface area contributed by atoms with E-state index in [4.69, 9.17) is 13.6 Å². The summed E-state index contributed by atoms with van der Waals surface area (Å²) < 4.78 is 18.8. The van der Waals surface area contributed by atoms with Crippen molar-refractivity contribution in [2.24, 2.45) is 0 Å². The molecule has 2 rings (SSSR count). The molecule has 0 unspecified atom stereocenters. The molecule has 158 valence electrons. The third kappa shape index (κ3) is 5.46. The van der Waals surface area contributed by atoms with Gasteiger partial charge in [0.2, 0.25) is 0 Å². The maximum atomic E-state index is 12.2. The van der Waals surface area contributed by atoms with Crippen LogP contribution < -0.4 is 0 Å². The zero-order valence-electron chi connectivity index (χ0n) is 18.7. The predicted molar refractivity (Wildman–Crippen MR) is 116 cm³/mol. The van der Waals surface area contributed by atoms with Gasteiger partial charge in [0.1, 0.15) is 0 Å². The number of rotatable bonds is 6. The lowest BCUT2D eigenvalue weighted by atomic mass is 10.0. The summed E-state index contributed by atoms with van der Waals surface area (Å²) in [4.78, 5) is 12.2. The molecule has 4 nitrogen and oxygen atoms in total. The Morgan fingerprint density at radius 2 is 1.61 bits per heavy atom. The summed E-state index contributed by atoms with van der Waals surface area (Å²) in [5.74, 6) is -0.179. The molecule has 0 aromatic heterocycles. The van der Waals surface area contributed by atoms with Gasteiger partial charge in [0.25, 0.3) is 0 Å². The molecule has 0 N–H and O–H groups in total. The van der Waals surface area contributed by atoms with Crippen LogP contribution in [0.2, 0.25) is 10.1 Å². The lowest BCUT2D eigenvalue weighted by molar-refractivity contribution is -0.147. The van der Waals surface area contributed by atoms with Crippen molar-refractivity contribution in [3.63, 3.8) is 0 Å². The van der Waals surface area contributed by atoms with E-state index in [1.807, 2.05) is 13.0 Å². The maximum Gasteiger partial charge on any atom is 0.349 e. The standard InChI is InChI=1S/C23H38O4Si/c1-8-25-21(24)17-20-16-19(15-14-18-12-10-9-11-13-18)26-28(27-20,22(2,3)4)23(5,6)7/h9-13,19-20H,8,14-17H2,1-7H3/t19-,20-/m1/s1. The molecule has 1 aliphatic rings. The Hall–Kier alpha value is -1.17. The molecule has 0 bridgehead atoms. The van der Waals surface area contributed by atoms with Crippen molar-refractivity contribution in [3.8, 4) is 0 Å². The molecule has 0 spiro atoms. The second-order valence-electron chi connectivity index (χ2n) is 9.87. The number of hydrogen-bond donors (Lipinski definition) is 0. The number of hydrogen-bond acceptors (Lipinski definition) is 4. The first-order valence-electron chi connectivity index (χ1n) is 10.5. The molecule has 1 aliphatic heterocycles. The van der Waals surface area contributed by atoms with Crippen molar-refractivity contribution in [1.82, 2.24) is 0 Å². The number of esters is 1. The molecule has 1 fully saturated rings. The van der Waals surface area contributed by atoms with E-state index in [-0.39, 0.29) is 28.3 Å². The number of carbonyl (C=O) groups excluding carboxylic acids is 1. The quantitative estimate of drug-likeness (QED) is 0.443. The van der Waals surface area contributed by atoms with Crippen molar-refractivity contribution in [1.29, 1.82) is 0 Å². The Morgan fingerprint density at radius 1 is 1.04 bits per heavy atom. The van der Waals surface area contributed by atoms with Gasteiger partial charge in [-0.2, -0.15) is 0 Å². The van der Waals surface area contributed by atoms with Gasteiger partial charge in [-0.3, -0.25) is 4.79 Å². The fraction of sp³-hybridized carbons (Fsp3) is 0.696. The van der Waals surface area contributed by atoms with Gasteiger partial charge in [0, 0.05) is 10.1 Å². The third-order valence-electron chi connectivity index (χ3n) is 5.46. The summed E-state index contributed by atoms with van der Waals surface area (Å²) >= 11 is 0. The zero-order valence-corrected chi connectivity index (χ0v) is 19.7. The number of aryl methyl sites for hydroxylation is 1. The highest BCUT2D eigenvalue weighted by atomic mass is 28.4. The molecule has 1 aromatic carbocycles. The molecule has 0 amide bonds. The van der Waals surface area contributed by atoms with Gasteiger partial charge in [0.05, 0.1) is 25.2 Å². The van der Waals surface area contributed by atoms with Crippen LogP contribution in [0.1, 0.15) is 73.3 Å². The molecule has 1 saturated heterocycles. The van der Waals surface area contributed by atoms with Crippen LogP contribution in [0.15, 0.2) is 30.3 Å². The average molecular weight is 407 g/mol. The highest BCUT2D eigenvalue weighted by molar-refractivity contribution is 6.73. The van der Waals surface area contributed by atoms with Gasteiger partial charge in [0.15, 0.2) is 0 Å². The molecule has 0 aliphatic carbocycles. The average Bonchev–Trinajstić information content (AvgIpc) is 2.59. The minimum atomic E-state index is -2.65. The van der Waals surface area contributed by atoms with Crippen molar-refractivity contribution in [2.75, 3.05) is 6.61 Å². The van der Waals surface area contributed by atoms with Crippen LogP contribution >= 0.6 is 0 Å². The van der Waals surface area contributed by atoms with Crippen molar-refractivity contribution in [2.45, 2.75) is 96.4 Å². The molecule has 0 saturated carbocycles. The fourth-order valence-corrected chi connectivity index (χ4v) is 9.45. The van der Waals surface area contributed by atoms with Gasteiger partial charge in [-0.1, -0.05) is 71.9 Å². The first-order chi connectivity index (χ1) is 13.0. The molecule has 2 atom stereocenters. The molecule has 1 heterocycles. The highest BCUT2D eigenvalue weighted by Crippen LogP contribution is 2.55. The first-order valence-corrected chi connectivity index (χ1v) is 12.4. The molecular weight excluding hydrogens is 368 g/mol. The van der Waals surface area contributed by atoms with Gasteiger partial charge >= 0.3 is 14.5 Å². The topological polar surface area (TPSA) is 44.8 Å². The normalized spacial score (nSPS) is 22.7. The number of carbonyl (C=O) groups is 1. The monoisotopic (exact) mass is 406 g/mol. The summed E-state index contributed by atoms with van der Waals surface area (Å²) in [6.07, 6.45) is 2.91. The molecule has 0 radical (unpaired) electrons. The second kappa shape index (κ2) is 9.10. The van der Waals surface area contributed by atoms with Crippen LogP contribution in [-0.2, 0) is 24.8 Å². The van der Waals surface area contributed by atoms with E-state index in [9.17, 15) is 4.79 Å². The molecular formula is C23H38O4Si. The Labute approximate surface area is 172 Å². The van der Waals surface area contributed by atoms with E-state index < -0.39 is 8.56 Å². The number of ether oxygens (including phenoxy) is 1. The fourth-order valence-electron chi connectivity index (χ4n) is 4.40. The SMILES string of the molecule is CCOC(=O)C[C@H]1C[C@@H](CCc2ccccc2)O[Si](C(C)(C)C)(C(C)(C)C)O1. The lowest BCUT2D eigenvalue weighted by Crippen LogP contribution is -2.63. The van der Waals surface area contributed by atoms with Crippen LogP contribution in [0, 0.1) is 0 Å². The smallest absolute Gasteiger partial charge is 0.349 e. The van der Waals surface area contributed by atoms with Crippen LogP contribution in [0.5, 0.6) is 0 Å². The number of benzene rings is 1. The Bertz CT molecular complexity index is 616. The Kier molecular flexibility index (Phi) is 7.51. The lowest BCUT2D eigenvalue weighted by Gasteiger charge is -2.55. The van der Waals surface area contributed by atoms with Crippen LogP contribution in [0.3, 0.4) is 0 Å². The van der Waals surface area contributed by atoms with Crippen molar-refractivity contribution >= 4 is 14.5 Å². The largest absolute Gasteiger partial charge is 0.466 e. The minimum Gasteiger partial charge on any atom is -0.466 e. The van der Waals surface area contributed by atoms with E-state index in [1.165, 1.54) is 5.56 Å². The van der Waals surface area contributed by atoms with Gasteiger partial charge < -0.3 is 13.6 Å². The van der Waals surface area contributed by atoms with Crippen molar-refractivity contribution < 1.29 is 18.4 Å². The van der Waals surface area contributed by atoms with Crippen LogP contribution in [-0.4, -0.2) is 33.3 Å². The summed E-state index contributed by atoms with van der Waals surface area (Å²) in [6.45, 7) is 15.5. The minimum absolute atomic E-state index is 0.0958. The van der Waals surface area contributed by atoms with E-state index >= 15 is 0 Å². The highest BCUT2D eigenvalue weighted by Gasteiger charge is 2.62. The summed E-state index contributed by atoms with van der Waals surface area (Å²) in [6, 6.07) is 10.5. The van der Waals surface area contributed by atoms with E-state index in [0.29, 0.717) is 13.0 Å². The first kappa shape index (κ1) is 23.1. The van der Waals surface area contributed by atoms with E-state index in [1.54, 1.807) is 0 Å². The van der Waals surface area contributed by atoms with E-state index in [0.717, 1.165) is 19.3 Å². The van der Waals surface area contributed by atoms with Crippen LogP contribution in [0.4, 0.5) is 0 Å². The van der Waals surface area contributed by atoms with Gasteiger partial charge in [-0.05, 0) is 31.7 Å². The molecule has 1 aromatic rings. The Balaban J connectivity index is 2.25. The van der Waals surface area contributed by atoms with Crippen LogP contribution in [0.25, 0.3) is 0 Å². The second-order valence-corrected chi connectivity index (χ2v) is 14.6. The summed E-state index contributed by atoms with van der Waals surface area (Å²) in [5, 5.41) is -0.215. The van der Waals surface area contributed by atoms with Gasteiger partial charge in [-0.25, -0.2) is 0 Å². The predicted octanol–water partition coefficient (Wildman–Crippen LogP) is 5.79. The maximum absolute atomic E-state index is 12.2. The zero-order chi connectivity index (χ0) is 21.0.